The van der Waals surface area contributed by atoms with Crippen molar-refractivity contribution >= 4 is 92.3 Å². The molecule has 0 saturated carbocycles. The van der Waals surface area contributed by atoms with E-state index in [1.807, 2.05) is 13.0 Å². The number of hydrogen-bond donors (Lipinski definition) is 9. The number of ether oxygens (including phenoxy) is 6. The lowest BCUT2D eigenvalue weighted by Crippen LogP contribution is -2.63. The molecule has 2 aromatic carbocycles. The van der Waals surface area contributed by atoms with Gasteiger partial charge in [-0.1, -0.05) is 85.1 Å². The number of urea groups is 1. The second kappa shape index (κ2) is 30.6. The molecule has 24 nitrogen and oxygen atoms in total. The van der Waals surface area contributed by atoms with Crippen LogP contribution >= 0.6 is 27.5 Å². The van der Waals surface area contributed by atoms with E-state index in [9.17, 15) is 43.5 Å². The number of epoxide rings is 1. The predicted octanol–water partition coefficient (Wildman–Crippen LogP) is 6.02. The Balaban J connectivity index is 1.34. The number of nitrogens with zero attached hydrogens (tertiary/aromatic N) is 1. The zero-order valence-corrected chi connectivity index (χ0v) is 50.7. The number of nitrogens with one attached hydrogen (secondary N) is 7. The van der Waals surface area contributed by atoms with Gasteiger partial charge in [-0.05, 0) is 81.7 Å². The first-order valence-corrected chi connectivity index (χ1v) is 28.8. The molecule has 9 atom stereocenters. The van der Waals surface area contributed by atoms with E-state index in [0.717, 1.165) is 11.1 Å². The number of carbonyl (C=O) groups is 8. The first-order chi connectivity index (χ1) is 39.3. The minimum absolute atomic E-state index is 0.0354. The first kappa shape index (κ1) is 66.9. The second-order valence-corrected chi connectivity index (χ2v) is 22.2. The largest absolute Gasteiger partial charge is 0.495 e. The van der Waals surface area contributed by atoms with Crippen LogP contribution in [0.3, 0.4) is 0 Å². The summed E-state index contributed by atoms with van der Waals surface area (Å²) in [7, 11) is 5.72. The van der Waals surface area contributed by atoms with Crippen LogP contribution in [-0.2, 0) is 49.3 Å². The van der Waals surface area contributed by atoms with Crippen LogP contribution in [0.2, 0.25) is 5.02 Å². The Morgan fingerprint density at radius 2 is 1.69 bits per heavy atom. The molecule has 3 aliphatic heterocycles. The Bertz CT molecular complexity index is 2780. The van der Waals surface area contributed by atoms with Crippen molar-refractivity contribution in [3.8, 4) is 11.5 Å². The highest BCUT2D eigenvalue weighted by atomic mass is 79.9. The molecule has 0 unspecified atom stereocenters. The number of anilines is 3. The Morgan fingerprint density at radius 3 is 2.35 bits per heavy atom. The van der Waals surface area contributed by atoms with Gasteiger partial charge in [0.25, 0.3) is 0 Å². The number of amides is 9. The Hall–Kier alpha value is -6.93. The summed E-state index contributed by atoms with van der Waals surface area (Å²) in [6, 6.07) is 4.83. The lowest BCUT2D eigenvalue weighted by Gasteiger charge is -2.42. The van der Waals surface area contributed by atoms with E-state index in [-0.39, 0.29) is 72.1 Å². The number of alkyl halides is 1. The van der Waals surface area contributed by atoms with Crippen LogP contribution in [0.25, 0.3) is 0 Å². The van der Waals surface area contributed by atoms with Crippen molar-refractivity contribution in [2.75, 3.05) is 62.3 Å². The molecule has 0 radical (unpaired) electrons. The van der Waals surface area contributed by atoms with Gasteiger partial charge in [0.2, 0.25) is 29.5 Å². The van der Waals surface area contributed by atoms with Crippen molar-refractivity contribution in [1.82, 2.24) is 26.6 Å². The van der Waals surface area contributed by atoms with E-state index in [1.54, 1.807) is 52.0 Å². The van der Waals surface area contributed by atoms with E-state index >= 15 is 0 Å². The van der Waals surface area contributed by atoms with Crippen molar-refractivity contribution in [3.05, 3.63) is 76.9 Å². The molecular weight excluding hydrogens is 1170 g/mol. The fourth-order valence-electron chi connectivity index (χ4n) is 9.78. The fraction of sp³-hybridized carbons (Fsp3) is 0.544. The number of primary amides is 1. The normalized spacial score (nSPS) is 24.1. The Morgan fingerprint density at radius 1 is 0.976 bits per heavy atom. The molecule has 2 aromatic rings. The highest BCUT2D eigenvalue weighted by molar-refractivity contribution is 9.09. The molecule has 5 rings (SSSR count). The summed E-state index contributed by atoms with van der Waals surface area (Å²) in [6.07, 6.45) is 1.25. The van der Waals surface area contributed by atoms with Crippen molar-refractivity contribution in [1.29, 1.82) is 0 Å². The van der Waals surface area contributed by atoms with Crippen LogP contribution in [0.5, 0.6) is 11.5 Å². The number of rotatable bonds is 23. The molecule has 2 fully saturated rings. The minimum atomic E-state index is -1.91. The van der Waals surface area contributed by atoms with Gasteiger partial charge in [0.05, 0.1) is 38.1 Å². The lowest BCUT2D eigenvalue weighted by atomic mass is 9.83. The summed E-state index contributed by atoms with van der Waals surface area (Å²) in [5, 5.41) is 31.1. The zero-order valence-electron chi connectivity index (χ0n) is 48.4. The lowest BCUT2D eigenvalue weighted by molar-refractivity contribution is -0.142. The Kier molecular flexibility index (Phi) is 24.6. The smallest absolute Gasteiger partial charge is 0.412 e. The van der Waals surface area contributed by atoms with Gasteiger partial charge in [0.1, 0.15) is 52.5 Å². The second-order valence-electron chi connectivity index (χ2n) is 21.3. The van der Waals surface area contributed by atoms with Crippen LogP contribution in [0.15, 0.2) is 66.3 Å². The van der Waals surface area contributed by atoms with E-state index in [4.69, 9.17) is 45.8 Å². The van der Waals surface area contributed by atoms with Crippen molar-refractivity contribution in [2.24, 2.45) is 17.6 Å². The molecule has 3 aliphatic rings. The van der Waals surface area contributed by atoms with Crippen LogP contribution < -0.4 is 57.3 Å². The maximum atomic E-state index is 14.4. The molecule has 9 amide bonds. The van der Waals surface area contributed by atoms with Crippen LogP contribution in [0, 0.1) is 11.8 Å². The molecule has 0 spiro atoms. The third kappa shape index (κ3) is 18.5. The molecule has 0 aromatic heterocycles. The summed E-state index contributed by atoms with van der Waals surface area (Å²) < 4.78 is 35.0. The van der Waals surface area contributed by atoms with Gasteiger partial charge in [0, 0.05) is 68.7 Å². The molecule has 0 aliphatic carbocycles. The highest BCUT2D eigenvalue weighted by Crippen LogP contribution is 2.49. The molecular formula is C57H79BrClN9O15. The summed E-state index contributed by atoms with van der Waals surface area (Å²) in [5.41, 5.74) is 4.64. The summed E-state index contributed by atoms with van der Waals surface area (Å²) in [6.45, 7) is 13.0. The summed E-state index contributed by atoms with van der Waals surface area (Å²) in [4.78, 5) is 107. The van der Waals surface area contributed by atoms with Gasteiger partial charge >= 0.3 is 18.2 Å². The molecule has 10 N–H and O–H groups in total. The quantitative estimate of drug-likeness (QED) is 0.0266. The first-order valence-electron chi connectivity index (χ1n) is 27.3. The number of halogens is 2. The number of benzene rings is 2. The number of unbranched alkanes of at least 4 members (excludes halogenated alkanes) is 2. The van der Waals surface area contributed by atoms with Gasteiger partial charge in [-0.3, -0.25) is 34.6 Å². The SMILES string of the molecule is C=C(CBr)C(=O)NCCCCCC(=O)N[C@H](C(=O)N[C@@H](CCCNC(N)=O)C(=O)Nc1ccc(NC(=O)O[C@H]2CC(=O)N(C)c3cc(cc(OC)c3Cl)C/C(C)=C/C=C/[C@@H](OC)[C@@]3(O)C[C@H](OC(=O)N3)[C@@H](C)[C@@H]3O[C@@]23C)cc1OC)C(C)C. The monoisotopic (exact) mass is 1240 g/mol. The topological polar surface area (TPSA) is 329 Å². The molecule has 26 heteroatoms. The van der Waals surface area contributed by atoms with Gasteiger partial charge in [-0.2, -0.15) is 0 Å². The third-order valence-electron chi connectivity index (χ3n) is 14.6. The minimum Gasteiger partial charge on any atom is -0.495 e. The third-order valence-corrected chi connectivity index (χ3v) is 15.7. The van der Waals surface area contributed by atoms with Crippen LogP contribution in [-0.4, -0.2) is 147 Å². The number of allylic oxidation sites excluding steroid dienone is 3. The maximum absolute atomic E-state index is 14.4. The summed E-state index contributed by atoms with van der Waals surface area (Å²) >= 11 is 10.0. The van der Waals surface area contributed by atoms with Crippen molar-refractivity contribution in [3.63, 3.8) is 0 Å². The number of nitrogens with two attached hydrogens (primary N) is 1. The maximum Gasteiger partial charge on any atom is 0.412 e. The predicted molar refractivity (Wildman–Crippen MR) is 314 cm³/mol. The van der Waals surface area contributed by atoms with E-state index in [1.165, 1.54) is 51.5 Å². The van der Waals surface area contributed by atoms with Crippen molar-refractivity contribution < 1.29 is 71.9 Å². The average molecular weight is 1250 g/mol. The molecule has 3 heterocycles. The summed E-state index contributed by atoms with van der Waals surface area (Å²) in [5.74, 6) is -3.06. The van der Waals surface area contributed by atoms with Crippen LogP contribution in [0.1, 0.15) is 91.5 Å². The molecule has 2 saturated heterocycles. The average Bonchev–Trinajstić information content (AvgIpc) is 4.26. The van der Waals surface area contributed by atoms with E-state index < -0.39 is 96.1 Å². The van der Waals surface area contributed by atoms with Gasteiger partial charge < -0.3 is 70.7 Å². The van der Waals surface area contributed by atoms with Crippen LogP contribution in [0.4, 0.5) is 31.4 Å². The number of methoxy groups -OCH3 is 3. The zero-order chi connectivity index (χ0) is 61.3. The van der Waals surface area contributed by atoms with Crippen molar-refractivity contribution in [2.45, 2.75) is 140 Å². The number of carbonyl (C=O) groups excluding carboxylic acids is 8. The number of fused-ring (bicyclic) bond motifs is 5. The van der Waals surface area contributed by atoms with Gasteiger partial charge in [0.15, 0.2) is 5.72 Å². The van der Waals surface area contributed by atoms with Gasteiger partial charge in [-0.15, -0.1) is 0 Å². The molecule has 83 heavy (non-hydrogen) atoms. The standard InChI is InChI=1S/C57H79BrClN9O15/c1-31(2)48(66-45(69)19-12-11-13-22-61-50(71)33(4)30-58)52(73)65-38(17-15-23-62-53(60)74)51(72)64-37-21-20-36(27-40(37)78-8)63-54(75)82-44-28-46(70)68(7)39-25-35(26-41(79-9)47(39)59)24-32(3)16-14-18-43(80-10)57(77)29-42(81-55(76)67-57)34(5)49-56(44,6)83-49/h14,16,18,20-21,25-27,31,34,38,42-44,48-49,77H,4,11-13,15,17,19,22-24,28-30H2,1-3,5-10H3,(H,61,71)(H,63,75)(H,64,72)(H,65,73)(H,66,69)(H,67,76)(H3,60,62,74)/b18-14+,32-16+/t34-,38+,42+,43-,44+,48+,49+,56+,57+/m1/s1. The van der Waals surface area contributed by atoms with E-state index in [2.05, 4.69) is 59.7 Å². The number of hydrogen-bond acceptors (Lipinski definition) is 15. The number of aliphatic hydroxyl groups is 1. The van der Waals surface area contributed by atoms with E-state index in [0.29, 0.717) is 54.6 Å². The molecule has 4 bridgehead atoms. The fourth-order valence-corrected chi connectivity index (χ4v) is 10.3. The molecule has 456 valence electrons. The number of alkyl carbamates (subject to hydrolysis) is 1. The highest BCUT2D eigenvalue weighted by Gasteiger charge is 2.64. The Labute approximate surface area is 497 Å². The van der Waals surface area contributed by atoms with Gasteiger partial charge in [-0.25, -0.2) is 14.4 Å².